The third-order valence-electron chi connectivity index (χ3n) is 5.87. The van der Waals surface area contributed by atoms with E-state index in [1.54, 1.807) is 40.6 Å². The maximum Gasteiger partial charge on any atom is 0.337 e. The summed E-state index contributed by atoms with van der Waals surface area (Å²) in [5.41, 5.74) is 5.07. The molecule has 0 unspecified atom stereocenters. The first kappa shape index (κ1) is 25.0. The van der Waals surface area contributed by atoms with Crippen molar-refractivity contribution >= 4 is 5.97 Å². The molecular formula is C28H32O6. The summed E-state index contributed by atoms with van der Waals surface area (Å²) >= 11 is 0. The molecule has 0 saturated heterocycles. The van der Waals surface area contributed by atoms with Gasteiger partial charge in [-0.3, -0.25) is 0 Å². The average Bonchev–Trinajstić information content (AvgIpc) is 2.89. The zero-order chi connectivity index (χ0) is 24.5. The molecule has 0 aliphatic carbocycles. The lowest BCUT2D eigenvalue weighted by Crippen LogP contribution is -2.03. The normalized spacial score (nSPS) is 10.5. The fraction of sp³-hybridized carbons (Fsp3) is 0.321. The summed E-state index contributed by atoms with van der Waals surface area (Å²) in [5.74, 6) is 2.72. The zero-order valence-corrected chi connectivity index (χ0v) is 20.5. The Morgan fingerprint density at radius 3 is 1.62 bits per heavy atom. The average molecular weight is 465 g/mol. The van der Waals surface area contributed by atoms with Gasteiger partial charge in [-0.25, -0.2) is 4.79 Å². The molecular weight excluding hydrogens is 432 g/mol. The SMILES string of the molecule is COC(=O)c1ccc(CCc2cc(CCc3ccc(OC)c(OC)c3)c(OC)cc2OC)cc1. The van der Waals surface area contributed by atoms with E-state index >= 15 is 0 Å². The summed E-state index contributed by atoms with van der Waals surface area (Å²) in [4.78, 5) is 11.7. The second kappa shape index (κ2) is 12.0. The molecule has 0 aromatic heterocycles. The standard InChI is InChI=1S/C28H32O6/c1-30-24-15-10-20(16-27(24)33-4)9-14-23-17-22(25(31-2)18-26(23)32-3)13-8-19-6-11-21(12-7-19)28(29)34-5/h6-7,10-12,15-18H,8-9,13-14H2,1-5H3. The van der Waals surface area contributed by atoms with Crippen molar-refractivity contribution in [3.05, 3.63) is 82.4 Å². The summed E-state index contributed by atoms with van der Waals surface area (Å²) in [6.07, 6.45) is 3.26. The van der Waals surface area contributed by atoms with E-state index in [2.05, 4.69) is 12.1 Å². The second-order valence-corrected chi connectivity index (χ2v) is 7.85. The van der Waals surface area contributed by atoms with Crippen molar-refractivity contribution in [3.63, 3.8) is 0 Å². The third-order valence-corrected chi connectivity index (χ3v) is 5.87. The fourth-order valence-electron chi connectivity index (χ4n) is 3.95. The monoisotopic (exact) mass is 464 g/mol. The molecule has 0 amide bonds. The molecule has 3 rings (SSSR count). The molecule has 3 aromatic rings. The zero-order valence-electron chi connectivity index (χ0n) is 20.5. The Bertz CT molecular complexity index is 1100. The highest BCUT2D eigenvalue weighted by molar-refractivity contribution is 5.89. The highest BCUT2D eigenvalue weighted by atomic mass is 16.5. The summed E-state index contributed by atoms with van der Waals surface area (Å²) in [6.45, 7) is 0. The van der Waals surface area contributed by atoms with Crippen LogP contribution in [0.4, 0.5) is 0 Å². The molecule has 0 aliphatic heterocycles. The van der Waals surface area contributed by atoms with E-state index < -0.39 is 0 Å². The maximum atomic E-state index is 11.7. The lowest BCUT2D eigenvalue weighted by atomic mass is 9.97. The van der Waals surface area contributed by atoms with Gasteiger partial charge in [-0.2, -0.15) is 0 Å². The quantitative estimate of drug-likeness (QED) is 0.369. The van der Waals surface area contributed by atoms with E-state index in [0.29, 0.717) is 5.56 Å². The lowest BCUT2D eigenvalue weighted by Gasteiger charge is -2.16. The second-order valence-electron chi connectivity index (χ2n) is 7.85. The first-order valence-corrected chi connectivity index (χ1v) is 11.1. The number of methoxy groups -OCH3 is 5. The molecule has 0 saturated carbocycles. The molecule has 0 aliphatic rings. The van der Waals surface area contributed by atoms with Crippen LogP contribution in [0.5, 0.6) is 23.0 Å². The third kappa shape index (κ3) is 6.01. The molecule has 6 heteroatoms. The van der Waals surface area contributed by atoms with Crippen LogP contribution in [0.25, 0.3) is 0 Å². The number of ether oxygens (including phenoxy) is 5. The van der Waals surface area contributed by atoms with Gasteiger partial charge in [-0.05, 0) is 78.3 Å². The van der Waals surface area contributed by atoms with Gasteiger partial charge < -0.3 is 23.7 Å². The van der Waals surface area contributed by atoms with Gasteiger partial charge >= 0.3 is 5.97 Å². The summed E-state index contributed by atoms with van der Waals surface area (Å²) in [6, 6.07) is 17.6. The topological polar surface area (TPSA) is 63.2 Å². The van der Waals surface area contributed by atoms with Crippen LogP contribution in [-0.4, -0.2) is 41.5 Å². The number of rotatable bonds is 11. The van der Waals surface area contributed by atoms with Crippen molar-refractivity contribution in [2.24, 2.45) is 0 Å². The molecule has 0 spiro atoms. The van der Waals surface area contributed by atoms with Gasteiger partial charge in [0.2, 0.25) is 0 Å². The number of esters is 1. The lowest BCUT2D eigenvalue weighted by molar-refractivity contribution is 0.0600. The number of carbonyl (C=O) groups excluding carboxylic acids is 1. The minimum atomic E-state index is -0.331. The Morgan fingerprint density at radius 2 is 1.09 bits per heavy atom. The molecule has 34 heavy (non-hydrogen) atoms. The van der Waals surface area contributed by atoms with E-state index in [1.807, 2.05) is 30.3 Å². The number of carbonyl (C=O) groups is 1. The number of aryl methyl sites for hydroxylation is 4. The van der Waals surface area contributed by atoms with E-state index in [1.165, 1.54) is 7.11 Å². The van der Waals surface area contributed by atoms with Gasteiger partial charge in [0.1, 0.15) is 11.5 Å². The minimum absolute atomic E-state index is 0.331. The fourth-order valence-corrected chi connectivity index (χ4v) is 3.95. The van der Waals surface area contributed by atoms with Crippen LogP contribution in [0.1, 0.15) is 32.6 Å². The van der Waals surface area contributed by atoms with Crippen LogP contribution >= 0.6 is 0 Å². The van der Waals surface area contributed by atoms with Gasteiger partial charge in [0.05, 0.1) is 41.1 Å². The Morgan fingerprint density at radius 1 is 0.559 bits per heavy atom. The first-order valence-electron chi connectivity index (χ1n) is 11.1. The van der Waals surface area contributed by atoms with Crippen molar-refractivity contribution in [3.8, 4) is 23.0 Å². The molecule has 0 radical (unpaired) electrons. The predicted octanol–water partition coefficient (Wildman–Crippen LogP) is 5.08. The van der Waals surface area contributed by atoms with Gasteiger partial charge in [0.25, 0.3) is 0 Å². The molecule has 0 bridgehead atoms. The van der Waals surface area contributed by atoms with E-state index in [4.69, 9.17) is 23.7 Å². The largest absolute Gasteiger partial charge is 0.496 e. The van der Waals surface area contributed by atoms with Crippen molar-refractivity contribution in [1.82, 2.24) is 0 Å². The molecule has 3 aromatic carbocycles. The van der Waals surface area contributed by atoms with Crippen LogP contribution in [-0.2, 0) is 30.4 Å². The highest BCUT2D eigenvalue weighted by Crippen LogP contribution is 2.32. The van der Waals surface area contributed by atoms with Gasteiger partial charge in [-0.15, -0.1) is 0 Å². The van der Waals surface area contributed by atoms with Crippen LogP contribution in [0.3, 0.4) is 0 Å². The van der Waals surface area contributed by atoms with Crippen molar-refractivity contribution in [1.29, 1.82) is 0 Å². The Kier molecular flexibility index (Phi) is 8.79. The Hall–Kier alpha value is -3.67. The first-order chi connectivity index (χ1) is 16.5. The Labute approximate surface area is 201 Å². The van der Waals surface area contributed by atoms with Crippen LogP contribution in [0.2, 0.25) is 0 Å². The number of hydrogen-bond donors (Lipinski definition) is 0. The summed E-state index contributed by atoms with van der Waals surface area (Å²) in [5, 5.41) is 0. The summed E-state index contributed by atoms with van der Waals surface area (Å²) < 4.78 is 26.8. The van der Waals surface area contributed by atoms with Gasteiger partial charge in [0, 0.05) is 6.07 Å². The van der Waals surface area contributed by atoms with E-state index in [0.717, 1.165) is 70.9 Å². The molecule has 0 atom stereocenters. The molecule has 0 heterocycles. The predicted molar refractivity (Wildman–Crippen MR) is 132 cm³/mol. The van der Waals surface area contributed by atoms with Gasteiger partial charge in [-0.1, -0.05) is 18.2 Å². The van der Waals surface area contributed by atoms with Crippen molar-refractivity contribution in [2.45, 2.75) is 25.7 Å². The van der Waals surface area contributed by atoms with Crippen LogP contribution in [0, 0.1) is 0 Å². The molecule has 0 N–H and O–H groups in total. The van der Waals surface area contributed by atoms with Crippen LogP contribution < -0.4 is 18.9 Å². The number of benzene rings is 3. The molecule has 0 fully saturated rings. The van der Waals surface area contributed by atoms with Crippen molar-refractivity contribution in [2.75, 3.05) is 35.5 Å². The minimum Gasteiger partial charge on any atom is -0.496 e. The molecule has 180 valence electrons. The summed E-state index contributed by atoms with van der Waals surface area (Å²) in [7, 11) is 8.01. The van der Waals surface area contributed by atoms with Crippen molar-refractivity contribution < 1.29 is 28.5 Å². The Balaban J connectivity index is 1.76. The van der Waals surface area contributed by atoms with E-state index in [9.17, 15) is 4.79 Å². The number of hydrogen-bond acceptors (Lipinski definition) is 6. The van der Waals surface area contributed by atoms with E-state index in [-0.39, 0.29) is 5.97 Å². The van der Waals surface area contributed by atoms with Gasteiger partial charge in [0.15, 0.2) is 11.5 Å². The smallest absolute Gasteiger partial charge is 0.337 e. The highest BCUT2D eigenvalue weighted by Gasteiger charge is 2.13. The molecule has 6 nitrogen and oxygen atoms in total. The van der Waals surface area contributed by atoms with Crippen LogP contribution in [0.15, 0.2) is 54.6 Å². The maximum absolute atomic E-state index is 11.7.